The van der Waals surface area contributed by atoms with Crippen LogP contribution in [0.25, 0.3) is 0 Å². The van der Waals surface area contributed by atoms with Gasteiger partial charge in [-0.2, -0.15) is 0 Å². The number of hydrogen-bond acceptors (Lipinski definition) is 2. The van der Waals surface area contributed by atoms with E-state index in [0.29, 0.717) is 13.1 Å². The highest BCUT2D eigenvalue weighted by atomic mass is 16.4. The Morgan fingerprint density at radius 2 is 1.70 bits per heavy atom. The predicted molar refractivity (Wildman–Crippen MR) is 75.1 cm³/mol. The van der Waals surface area contributed by atoms with Crippen LogP contribution in [0, 0.1) is 5.41 Å². The van der Waals surface area contributed by atoms with Crippen molar-refractivity contribution in [3.8, 4) is 0 Å². The van der Waals surface area contributed by atoms with Crippen LogP contribution in [0.3, 0.4) is 0 Å². The van der Waals surface area contributed by atoms with Gasteiger partial charge < -0.3 is 15.3 Å². The molecule has 1 aromatic carbocycles. The third kappa shape index (κ3) is 2.92. The molecule has 0 saturated carbocycles. The summed E-state index contributed by atoms with van der Waals surface area (Å²) in [6, 6.07) is 6.62. The second-order valence-corrected chi connectivity index (χ2v) is 6.21. The number of carboxylic acid groups (broad SMARTS) is 1. The third-order valence-corrected chi connectivity index (χ3v) is 3.51. The van der Waals surface area contributed by atoms with Crippen molar-refractivity contribution in [2.45, 2.75) is 39.9 Å². The van der Waals surface area contributed by atoms with E-state index in [2.05, 4.69) is 5.32 Å². The number of hydrogen-bond donors (Lipinski definition) is 2. The number of aliphatic carboxylic acids is 1. The molecule has 5 nitrogen and oxygen atoms in total. The number of rotatable bonds is 2. The first-order valence-corrected chi connectivity index (χ1v) is 6.64. The van der Waals surface area contributed by atoms with Crippen LogP contribution in [0.15, 0.2) is 24.3 Å². The normalized spacial score (nSPS) is 15.7. The fourth-order valence-electron chi connectivity index (χ4n) is 2.34. The number of benzene rings is 1. The summed E-state index contributed by atoms with van der Waals surface area (Å²) in [5.74, 6) is -1.01. The lowest BCUT2D eigenvalue weighted by Crippen LogP contribution is -2.52. The Morgan fingerprint density at radius 1 is 1.20 bits per heavy atom. The van der Waals surface area contributed by atoms with E-state index in [-0.39, 0.29) is 6.03 Å². The third-order valence-electron chi connectivity index (χ3n) is 3.51. The van der Waals surface area contributed by atoms with Crippen LogP contribution in [0.1, 0.15) is 31.9 Å². The summed E-state index contributed by atoms with van der Waals surface area (Å²) in [7, 11) is 0. The number of nitrogens with one attached hydrogen (secondary N) is 1. The van der Waals surface area contributed by atoms with Gasteiger partial charge in [-0.05, 0) is 16.5 Å². The lowest BCUT2D eigenvalue weighted by Gasteiger charge is -2.29. The summed E-state index contributed by atoms with van der Waals surface area (Å²) < 4.78 is 0. The van der Waals surface area contributed by atoms with Crippen molar-refractivity contribution in [1.82, 2.24) is 10.2 Å². The highest BCUT2D eigenvalue weighted by Crippen LogP contribution is 2.24. The Balaban J connectivity index is 2.05. The summed E-state index contributed by atoms with van der Waals surface area (Å²) in [5.41, 5.74) is 1.70. The number of nitrogens with zero attached hydrogens (tertiary/aromatic N) is 1. The lowest BCUT2D eigenvalue weighted by molar-refractivity contribution is -0.142. The van der Waals surface area contributed by atoms with Crippen molar-refractivity contribution >= 4 is 12.0 Å². The van der Waals surface area contributed by atoms with Crippen LogP contribution >= 0.6 is 0 Å². The smallest absolute Gasteiger partial charge is 0.326 e. The largest absolute Gasteiger partial charge is 0.480 e. The van der Waals surface area contributed by atoms with Crippen molar-refractivity contribution < 1.29 is 14.7 Å². The molecular weight excluding hydrogens is 256 g/mol. The molecule has 0 aliphatic carbocycles. The van der Waals surface area contributed by atoms with E-state index in [1.54, 1.807) is 25.7 Å². The molecule has 0 aromatic heterocycles. The predicted octanol–water partition coefficient (Wildman–Crippen LogP) is 2.21. The minimum Gasteiger partial charge on any atom is -0.480 e. The quantitative estimate of drug-likeness (QED) is 0.870. The van der Waals surface area contributed by atoms with Gasteiger partial charge in [-0.3, -0.25) is 0 Å². The van der Waals surface area contributed by atoms with Crippen molar-refractivity contribution in [2.24, 2.45) is 5.41 Å². The highest BCUT2D eigenvalue weighted by molar-refractivity contribution is 5.83. The van der Waals surface area contributed by atoms with Gasteiger partial charge in [-0.1, -0.05) is 45.0 Å². The van der Waals surface area contributed by atoms with Crippen molar-refractivity contribution in [1.29, 1.82) is 0 Å². The number of urea groups is 1. The molecule has 5 heteroatoms. The molecular formula is C15H20N2O3. The molecule has 0 bridgehead atoms. The second-order valence-electron chi connectivity index (χ2n) is 6.21. The molecule has 1 aliphatic heterocycles. The van der Waals surface area contributed by atoms with E-state index in [0.717, 1.165) is 11.1 Å². The maximum Gasteiger partial charge on any atom is 0.326 e. The molecule has 1 aliphatic rings. The van der Waals surface area contributed by atoms with Crippen LogP contribution in [0.2, 0.25) is 0 Å². The van der Waals surface area contributed by atoms with E-state index in [9.17, 15) is 14.7 Å². The van der Waals surface area contributed by atoms with Gasteiger partial charge >= 0.3 is 12.0 Å². The Labute approximate surface area is 118 Å². The average molecular weight is 276 g/mol. The number of carbonyl (C=O) groups is 2. The van der Waals surface area contributed by atoms with Crippen LogP contribution in [0.4, 0.5) is 4.79 Å². The van der Waals surface area contributed by atoms with Crippen molar-refractivity contribution in [3.63, 3.8) is 0 Å². The first-order chi connectivity index (χ1) is 9.29. The van der Waals surface area contributed by atoms with Gasteiger partial charge in [0, 0.05) is 13.1 Å². The second kappa shape index (κ2) is 5.15. The standard InChI is InChI=1S/C15H20N2O3/c1-15(2,3)12(13(18)19)16-14(20)17-8-10-6-4-5-7-11(10)9-17/h4-7,12H,8-9H2,1-3H3,(H,16,20)(H,18,19). The zero-order chi connectivity index (χ0) is 14.9. The molecule has 108 valence electrons. The molecule has 0 radical (unpaired) electrons. The van der Waals surface area contributed by atoms with Crippen LogP contribution in [-0.4, -0.2) is 28.0 Å². The van der Waals surface area contributed by atoms with Crippen molar-refractivity contribution in [3.05, 3.63) is 35.4 Å². The zero-order valence-corrected chi connectivity index (χ0v) is 12.0. The number of fused-ring (bicyclic) bond motifs is 1. The van der Waals surface area contributed by atoms with Crippen molar-refractivity contribution in [2.75, 3.05) is 0 Å². The maximum atomic E-state index is 12.2. The zero-order valence-electron chi connectivity index (χ0n) is 12.0. The number of carboxylic acids is 1. The number of amides is 2. The van der Waals surface area contributed by atoms with Crippen LogP contribution < -0.4 is 5.32 Å². The molecule has 20 heavy (non-hydrogen) atoms. The fraction of sp³-hybridized carbons (Fsp3) is 0.467. The monoisotopic (exact) mass is 276 g/mol. The Kier molecular flexibility index (Phi) is 3.70. The minimum absolute atomic E-state index is 0.330. The van der Waals surface area contributed by atoms with Gasteiger partial charge in [0.05, 0.1) is 0 Å². The van der Waals surface area contributed by atoms with E-state index in [4.69, 9.17) is 0 Å². The first kappa shape index (κ1) is 14.4. The summed E-state index contributed by atoms with van der Waals surface area (Å²) in [4.78, 5) is 25.1. The summed E-state index contributed by atoms with van der Waals surface area (Å²) in [6.45, 7) is 6.44. The molecule has 2 N–H and O–H groups in total. The lowest BCUT2D eigenvalue weighted by atomic mass is 9.87. The number of carbonyl (C=O) groups excluding carboxylic acids is 1. The molecule has 1 atom stereocenters. The van der Waals surface area contributed by atoms with E-state index < -0.39 is 17.4 Å². The molecule has 1 unspecified atom stereocenters. The minimum atomic E-state index is -1.01. The Hall–Kier alpha value is -2.04. The summed E-state index contributed by atoms with van der Waals surface area (Å²) in [5, 5.41) is 11.9. The van der Waals surface area contributed by atoms with Gasteiger partial charge in [0.15, 0.2) is 0 Å². The summed E-state index contributed by atoms with van der Waals surface area (Å²) in [6.07, 6.45) is 0. The molecule has 2 amide bonds. The van der Waals surface area contributed by atoms with E-state index >= 15 is 0 Å². The average Bonchev–Trinajstić information content (AvgIpc) is 2.77. The van der Waals surface area contributed by atoms with Crippen LogP contribution in [-0.2, 0) is 17.9 Å². The Bertz CT molecular complexity index is 509. The van der Waals surface area contributed by atoms with Gasteiger partial charge in [0.2, 0.25) is 0 Å². The molecule has 1 heterocycles. The Morgan fingerprint density at radius 3 is 2.10 bits per heavy atom. The molecule has 0 spiro atoms. The molecule has 2 rings (SSSR count). The highest BCUT2D eigenvalue weighted by Gasteiger charge is 2.34. The van der Waals surface area contributed by atoms with Gasteiger partial charge in [0.25, 0.3) is 0 Å². The van der Waals surface area contributed by atoms with E-state index in [1.807, 2.05) is 24.3 Å². The summed E-state index contributed by atoms with van der Waals surface area (Å²) >= 11 is 0. The van der Waals surface area contributed by atoms with E-state index in [1.165, 1.54) is 0 Å². The molecule has 1 aromatic rings. The molecule has 0 saturated heterocycles. The fourth-order valence-corrected chi connectivity index (χ4v) is 2.34. The van der Waals surface area contributed by atoms with Gasteiger partial charge in [0.1, 0.15) is 6.04 Å². The first-order valence-electron chi connectivity index (χ1n) is 6.64. The van der Waals surface area contributed by atoms with Gasteiger partial charge in [-0.25, -0.2) is 9.59 Å². The SMILES string of the molecule is CC(C)(C)C(NC(=O)N1Cc2ccccc2C1)C(=O)O. The maximum absolute atomic E-state index is 12.2. The molecule has 0 fully saturated rings. The topological polar surface area (TPSA) is 69.6 Å². The van der Waals surface area contributed by atoms with Crippen LogP contribution in [0.5, 0.6) is 0 Å². The van der Waals surface area contributed by atoms with Gasteiger partial charge in [-0.15, -0.1) is 0 Å².